The molecule has 1 aliphatic rings. The first-order valence-corrected chi connectivity index (χ1v) is 13.4. The Labute approximate surface area is 236 Å². The second-order valence-corrected chi connectivity index (χ2v) is 10.5. The van der Waals surface area contributed by atoms with Gasteiger partial charge in [0, 0.05) is 47.8 Å². The predicted molar refractivity (Wildman–Crippen MR) is 153 cm³/mol. The molecule has 0 bridgehead atoms. The van der Waals surface area contributed by atoms with Gasteiger partial charge in [-0.05, 0) is 48.5 Å². The first-order valence-electron chi connectivity index (χ1n) is 11.7. The number of nitro benzene ring substituents is 1. The van der Waals surface area contributed by atoms with Gasteiger partial charge in [-0.2, -0.15) is 5.10 Å². The lowest BCUT2D eigenvalue weighted by molar-refractivity contribution is -0.384. The van der Waals surface area contributed by atoms with E-state index >= 15 is 0 Å². The smallest absolute Gasteiger partial charge is 0.269 e. The van der Waals surface area contributed by atoms with Crippen molar-refractivity contribution in [1.82, 2.24) is 14.8 Å². The lowest BCUT2D eigenvalue weighted by Crippen LogP contribution is -2.32. The Balaban J connectivity index is 1.61. The molecule has 0 N–H and O–H groups in total. The molecule has 0 spiro atoms. The number of hydrazone groups is 1. The molecule has 2 amide bonds. The zero-order valence-electron chi connectivity index (χ0n) is 20.8. The van der Waals surface area contributed by atoms with Crippen LogP contribution in [0.25, 0.3) is 16.9 Å². The van der Waals surface area contributed by atoms with Gasteiger partial charge in [0.1, 0.15) is 5.37 Å². The van der Waals surface area contributed by atoms with Crippen molar-refractivity contribution in [3.05, 3.63) is 105 Å². The van der Waals surface area contributed by atoms with Crippen molar-refractivity contribution >= 4 is 56.0 Å². The minimum Gasteiger partial charge on any atom is -0.274 e. The van der Waals surface area contributed by atoms with Gasteiger partial charge in [-0.1, -0.05) is 45.9 Å². The Morgan fingerprint density at radius 1 is 1.00 bits per heavy atom. The van der Waals surface area contributed by atoms with Gasteiger partial charge in [-0.25, -0.2) is 9.69 Å². The number of nitro groups is 1. The minimum atomic E-state index is -0.641. The fraction of sp³-hybridized carbons (Fsp3) is 0.111. The molecule has 3 aromatic carbocycles. The van der Waals surface area contributed by atoms with E-state index in [0.29, 0.717) is 27.7 Å². The summed E-state index contributed by atoms with van der Waals surface area (Å²) in [4.78, 5) is 37.7. The van der Waals surface area contributed by atoms with Gasteiger partial charge in [-0.15, -0.1) is 5.10 Å². The van der Waals surface area contributed by atoms with Crippen molar-refractivity contribution in [3.63, 3.8) is 0 Å². The first kappa shape index (κ1) is 26.3. The second kappa shape index (κ2) is 10.8. The number of benzene rings is 3. The molecule has 39 heavy (non-hydrogen) atoms. The number of carbonyl (C=O) groups is 2. The van der Waals surface area contributed by atoms with E-state index in [1.54, 1.807) is 28.9 Å². The maximum Gasteiger partial charge on any atom is 0.269 e. The normalized spacial score (nSPS) is 14.7. The van der Waals surface area contributed by atoms with Gasteiger partial charge in [0.2, 0.25) is 11.8 Å². The van der Waals surface area contributed by atoms with Gasteiger partial charge in [0.05, 0.1) is 22.0 Å². The third-order valence-corrected chi connectivity index (χ3v) is 7.61. The van der Waals surface area contributed by atoms with Crippen molar-refractivity contribution in [2.45, 2.75) is 19.2 Å². The summed E-state index contributed by atoms with van der Waals surface area (Å²) < 4.78 is 2.60. The number of nitrogens with zero attached hydrogens (tertiary/aromatic N) is 6. The summed E-state index contributed by atoms with van der Waals surface area (Å²) >= 11 is 4.69. The number of halogens is 1. The first-order chi connectivity index (χ1) is 18.7. The Kier molecular flexibility index (Phi) is 7.31. The van der Waals surface area contributed by atoms with Crippen molar-refractivity contribution in [2.75, 3.05) is 4.90 Å². The van der Waals surface area contributed by atoms with E-state index in [2.05, 4.69) is 21.0 Å². The van der Waals surface area contributed by atoms with Crippen molar-refractivity contribution < 1.29 is 14.5 Å². The molecule has 0 aliphatic carbocycles. The molecule has 2 heterocycles. The Morgan fingerprint density at radius 2 is 1.67 bits per heavy atom. The average molecular weight is 605 g/mol. The summed E-state index contributed by atoms with van der Waals surface area (Å²) in [6.45, 7) is 2.85. The van der Waals surface area contributed by atoms with E-state index in [0.717, 1.165) is 10.2 Å². The second-order valence-electron chi connectivity index (χ2n) is 8.56. The van der Waals surface area contributed by atoms with Gasteiger partial charge < -0.3 is 0 Å². The molecule has 1 atom stereocenters. The summed E-state index contributed by atoms with van der Waals surface area (Å²) in [5.74, 6) is -0.567. The molecular formula is C27H21BrN6O4S. The highest BCUT2D eigenvalue weighted by molar-refractivity contribution is 9.10. The number of non-ortho nitro benzene ring substituents is 1. The standard InChI is InChI=1S/C27H21BrN6O4S/c1-17(35)32(22-6-4-3-5-7-22)27-30-33(18(2)36)26(39-27)24-16-31(21-14-10-20(28)11-15-21)29-25(24)19-8-12-23(13-9-19)34(37)38/h3-16,26H,1-2H3. The Morgan fingerprint density at radius 3 is 2.26 bits per heavy atom. The summed E-state index contributed by atoms with van der Waals surface area (Å²) in [5.41, 5.74) is 3.18. The van der Waals surface area contributed by atoms with Crippen LogP contribution in [0.5, 0.6) is 0 Å². The lowest BCUT2D eigenvalue weighted by atomic mass is 10.1. The van der Waals surface area contributed by atoms with Gasteiger partial charge in [-0.3, -0.25) is 24.6 Å². The topological polar surface area (TPSA) is 114 Å². The van der Waals surface area contributed by atoms with E-state index in [-0.39, 0.29) is 17.5 Å². The SMILES string of the molecule is CC(=O)N(C1=NN(C(C)=O)C(c2cn(-c3ccc(Br)cc3)nc2-c2ccc([N+](=O)[O-])cc2)S1)c1ccccc1. The van der Waals surface area contributed by atoms with Crippen LogP contribution in [-0.2, 0) is 9.59 Å². The predicted octanol–water partition coefficient (Wildman–Crippen LogP) is 6.13. The number of thioether (sulfide) groups is 1. The van der Waals surface area contributed by atoms with Crippen molar-refractivity contribution in [3.8, 4) is 16.9 Å². The highest BCUT2D eigenvalue weighted by atomic mass is 79.9. The number of amidine groups is 1. The summed E-state index contributed by atoms with van der Waals surface area (Å²) in [6, 6.07) is 22.7. The summed E-state index contributed by atoms with van der Waals surface area (Å²) in [6.07, 6.45) is 1.81. The maximum absolute atomic E-state index is 12.8. The van der Waals surface area contributed by atoms with E-state index < -0.39 is 10.3 Å². The molecule has 0 fully saturated rings. The van der Waals surface area contributed by atoms with E-state index in [1.807, 2.05) is 48.7 Å². The Bertz CT molecular complexity index is 1590. The number of hydrogen-bond acceptors (Lipinski definition) is 7. The van der Waals surface area contributed by atoms with Gasteiger partial charge >= 0.3 is 0 Å². The molecule has 10 nitrogen and oxygen atoms in total. The maximum atomic E-state index is 12.8. The molecule has 12 heteroatoms. The van der Waals surface area contributed by atoms with Crippen LogP contribution in [-0.4, -0.2) is 36.7 Å². The van der Waals surface area contributed by atoms with E-state index in [9.17, 15) is 19.7 Å². The highest BCUT2D eigenvalue weighted by Crippen LogP contribution is 2.45. The minimum absolute atomic E-state index is 0.0428. The zero-order valence-corrected chi connectivity index (χ0v) is 23.2. The number of aromatic nitrogens is 2. The summed E-state index contributed by atoms with van der Waals surface area (Å²) in [7, 11) is 0. The van der Waals surface area contributed by atoms with Crippen LogP contribution in [0.15, 0.2) is 94.6 Å². The Hall–Kier alpha value is -4.29. The van der Waals surface area contributed by atoms with Crippen LogP contribution >= 0.6 is 27.7 Å². The van der Waals surface area contributed by atoms with Crippen LogP contribution in [0, 0.1) is 10.1 Å². The number of carbonyl (C=O) groups excluding carboxylic acids is 2. The molecule has 4 aromatic rings. The molecule has 1 aromatic heterocycles. The molecule has 0 saturated heterocycles. The lowest BCUT2D eigenvalue weighted by Gasteiger charge is -2.20. The fourth-order valence-corrected chi connectivity index (χ4v) is 5.64. The molecule has 0 saturated carbocycles. The van der Waals surface area contributed by atoms with Crippen LogP contribution in [0.4, 0.5) is 11.4 Å². The van der Waals surface area contributed by atoms with Crippen molar-refractivity contribution in [2.24, 2.45) is 5.10 Å². The average Bonchev–Trinajstić information content (AvgIpc) is 3.55. The third kappa shape index (κ3) is 5.33. The zero-order chi connectivity index (χ0) is 27.7. The molecule has 1 aliphatic heterocycles. The monoisotopic (exact) mass is 604 g/mol. The fourth-order valence-electron chi connectivity index (χ4n) is 4.11. The quantitative estimate of drug-likeness (QED) is 0.200. The highest BCUT2D eigenvalue weighted by Gasteiger charge is 2.38. The van der Waals surface area contributed by atoms with Crippen LogP contribution in [0.1, 0.15) is 24.8 Å². The molecule has 5 rings (SSSR count). The molecule has 1 unspecified atom stereocenters. The van der Waals surface area contributed by atoms with E-state index in [1.165, 1.54) is 47.7 Å². The van der Waals surface area contributed by atoms with Crippen molar-refractivity contribution in [1.29, 1.82) is 0 Å². The van der Waals surface area contributed by atoms with Gasteiger partial charge in [0.25, 0.3) is 5.69 Å². The number of anilines is 1. The molecular weight excluding hydrogens is 584 g/mol. The number of rotatable bonds is 5. The molecule has 0 radical (unpaired) electrons. The third-order valence-electron chi connectivity index (χ3n) is 5.93. The molecule has 196 valence electrons. The van der Waals surface area contributed by atoms with Gasteiger partial charge in [0.15, 0.2) is 5.17 Å². The largest absolute Gasteiger partial charge is 0.274 e. The number of hydrogen-bond donors (Lipinski definition) is 0. The van der Waals surface area contributed by atoms with Crippen LogP contribution < -0.4 is 4.90 Å². The van der Waals surface area contributed by atoms with E-state index in [4.69, 9.17) is 5.10 Å². The summed E-state index contributed by atoms with van der Waals surface area (Å²) in [5, 5.41) is 21.6. The number of para-hydroxylation sites is 1. The van der Waals surface area contributed by atoms with Crippen LogP contribution in [0.3, 0.4) is 0 Å². The van der Waals surface area contributed by atoms with Crippen LogP contribution in [0.2, 0.25) is 0 Å². The number of amides is 2.